The number of rotatable bonds is 5. The summed E-state index contributed by atoms with van der Waals surface area (Å²) in [5.74, 6) is 0.487. The molecule has 1 fully saturated rings. The van der Waals surface area contributed by atoms with Crippen molar-refractivity contribution in [3.05, 3.63) is 15.8 Å². The second-order valence-corrected chi connectivity index (χ2v) is 7.56. The molecule has 0 bridgehead atoms. The summed E-state index contributed by atoms with van der Waals surface area (Å²) >= 11 is 1.32. The molecule has 1 atom stereocenters. The molecule has 0 radical (unpaired) electrons. The predicted octanol–water partition coefficient (Wildman–Crippen LogP) is 1.63. The molecule has 1 aromatic rings. The fourth-order valence-electron chi connectivity index (χ4n) is 1.87. The Morgan fingerprint density at radius 1 is 1.59 bits per heavy atom. The normalized spacial score (nSPS) is 18.3. The van der Waals surface area contributed by atoms with Crippen molar-refractivity contribution in [1.29, 1.82) is 0 Å². The van der Waals surface area contributed by atoms with E-state index < -0.39 is 10.0 Å². The first kappa shape index (κ1) is 13.0. The number of aliphatic hydroxyl groups excluding tert-OH is 1. The monoisotopic (exact) mass is 275 g/mol. The molecule has 0 spiro atoms. The lowest BCUT2D eigenvalue weighted by molar-refractivity contribution is 0.285. The lowest BCUT2D eigenvalue weighted by Gasteiger charge is -2.12. The van der Waals surface area contributed by atoms with Crippen molar-refractivity contribution in [2.45, 2.75) is 44.2 Å². The van der Waals surface area contributed by atoms with Gasteiger partial charge in [0, 0.05) is 15.8 Å². The van der Waals surface area contributed by atoms with E-state index in [1.165, 1.54) is 11.3 Å². The molecule has 1 aliphatic carbocycles. The van der Waals surface area contributed by atoms with E-state index in [1.54, 1.807) is 13.0 Å². The van der Waals surface area contributed by atoms with Crippen LogP contribution in [0.2, 0.25) is 0 Å². The number of aryl methyl sites for hydroxylation is 1. The van der Waals surface area contributed by atoms with E-state index in [0.29, 0.717) is 15.7 Å². The largest absolute Gasteiger partial charge is 0.391 e. The lowest BCUT2D eigenvalue weighted by Crippen LogP contribution is -2.34. The quantitative estimate of drug-likeness (QED) is 0.858. The van der Waals surface area contributed by atoms with Crippen LogP contribution in [0.1, 0.15) is 29.5 Å². The maximum Gasteiger partial charge on any atom is 0.241 e. The van der Waals surface area contributed by atoms with Crippen LogP contribution in [0.4, 0.5) is 0 Å². The molecule has 1 saturated carbocycles. The summed E-state index contributed by atoms with van der Waals surface area (Å²) in [6, 6.07) is 1.55. The molecule has 0 aromatic carbocycles. The Labute approximate surface area is 106 Å². The van der Waals surface area contributed by atoms with Gasteiger partial charge in [-0.15, -0.1) is 11.3 Å². The highest BCUT2D eigenvalue weighted by molar-refractivity contribution is 7.89. The van der Waals surface area contributed by atoms with Gasteiger partial charge in [-0.3, -0.25) is 0 Å². The highest BCUT2D eigenvalue weighted by Crippen LogP contribution is 2.33. The smallest absolute Gasteiger partial charge is 0.241 e. The Bertz CT molecular complexity index is 503. The topological polar surface area (TPSA) is 66.4 Å². The summed E-state index contributed by atoms with van der Waals surface area (Å²) in [6.07, 6.45) is 2.21. The molecule has 96 valence electrons. The Hall–Kier alpha value is -0.430. The van der Waals surface area contributed by atoms with E-state index in [-0.39, 0.29) is 12.6 Å². The van der Waals surface area contributed by atoms with Crippen LogP contribution in [-0.2, 0) is 16.6 Å². The van der Waals surface area contributed by atoms with Crippen molar-refractivity contribution in [2.75, 3.05) is 0 Å². The summed E-state index contributed by atoms with van der Waals surface area (Å²) in [4.78, 5) is 1.71. The number of thiophene rings is 1. The maximum absolute atomic E-state index is 12.1. The van der Waals surface area contributed by atoms with E-state index in [0.717, 1.165) is 17.7 Å². The van der Waals surface area contributed by atoms with Gasteiger partial charge >= 0.3 is 0 Å². The van der Waals surface area contributed by atoms with Gasteiger partial charge in [0.2, 0.25) is 10.0 Å². The van der Waals surface area contributed by atoms with Crippen molar-refractivity contribution in [1.82, 2.24) is 4.72 Å². The van der Waals surface area contributed by atoms with Crippen LogP contribution < -0.4 is 4.72 Å². The highest BCUT2D eigenvalue weighted by Gasteiger charge is 2.32. The lowest BCUT2D eigenvalue weighted by atomic mass is 10.2. The van der Waals surface area contributed by atoms with Crippen LogP contribution in [0.25, 0.3) is 0 Å². The molecule has 4 nitrogen and oxygen atoms in total. The highest BCUT2D eigenvalue weighted by atomic mass is 32.2. The standard InChI is InChI=1S/C11H17NO3S2/c1-7(9-3-4-9)12-17(14,15)11-5-10(6-13)16-8(11)2/h5,7,9,12-13H,3-4,6H2,1-2H3. The number of aliphatic hydroxyl groups is 1. The molecular weight excluding hydrogens is 258 g/mol. The van der Waals surface area contributed by atoms with Gasteiger partial charge in [0.1, 0.15) is 0 Å². The molecule has 6 heteroatoms. The van der Waals surface area contributed by atoms with Crippen LogP contribution in [0, 0.1) is 12.8 Å². The number of nitrogens with one attached hydrogen (secondary N) is 1. The van der Waals surface area contributed by atoms with Crippen LogP contribution in [0.5, 0.6) is 0 Å². The van der Waals surface area contributed by atoms with Gasteiger partial charge in [0.15, 0.2) is 0 Å². The van der Waals surface area contributed by atoms with Gasteiger partial charge in [-0.05, 0) is 38.7 Å². The summed E-state index contributed by atoms with van der Waals surface area (Å²) in [6.45, 7) is 3.56. The molecule has 0 aliphatic heterocycles. The number of sulfonamides is 1. The first-order chi connectivity index (χ1) is 7.94. The van der Waals surface area contributed by atoms with Crippen LogP contribution >= 0.6 is 11.3 Å². The maximum atomic E-state index is 12.1. The fourth-order valence-corrected chi connectivity index (χ4v) is 4.68. The van der Waals surface area contributed by atoms with Gasteiger partial charge in [0.05, 0.1) is 11.5 Å². The van der Waals surface area contributed by atoms with Crippen molar-refractivity contribution >= 4 is 21.4 Å². The third-order valence-corrected chi connectivity index (χ3v) is 5.89. The third kappa shape index (κ3) is 2.88. The van der Waals surface area contributed by atoms with Gasteiger partial charge in [-0.2, -0.15) is 0 Å². The molecular formula is C11H17NO3S2. The van der Waals surface area contributed by atoms with Crippen molar-refractivity contribution < 1.29 is 13.5 Å². The van der Waals surface area contributed by atoms with Gasteiger partial charge in [-0.1, -0.05) is 0 Å². The van der Waals surface area contributed by atoms with E-state index in [4.69, 9.17) is 5.11 Å². The van der Waals surface area contributed by atoms with E-state index in [9.17, 15) is 8.42 Å². The average molecular weight is 275 g/mol. The minimum atomic E-state index is -3.44. The molecule has 1 heterocycles. The fraction of sp³-hybridized carbons (Fsp3) is 0.636. The Morgan fingerprint density at radius 2 is 2.24 bits per heavy atom. The second kappa shape index (κ2) is 4.68. The van der Waals surface area contributed by atoms with Crippen molar-refractivity contribution in [3.63, 3.8) is 0 Å². The SMILES string of the molecule is Cc1sc(CO)cc1S(=O)(=O)NC(C)C1CC1. The minimum absolute atomic E-state index is 0.00289. The third-order valence-electron chi connectivity index (χ3n) is 3.04. The Morgan fingerprint density at radius 3 is 2.71 bits per heavy atom. The molecule has 0 amide bonds. The zero-order valence-electron chi connectivity index (χ0n) is 9.93. The summed E-state index contributed by atoms with van der Waals surface area (Å²) in [5.41, 5.74) is 0. The van der Waals surface area contributed by atoms with Gasteiger partial charge in [-0.25, -0.2) is 13.1 Å². The molecule has 1 unspecified atom stereocenters. The van der Waals surface area contributed by atoms with Crippen LogP contribution in [-0.4, -0.2) is 19.6 Å². The van der Waals surface area contributed by atoms with Crippen LogP contribution in [0.3, 0.4) is 0 Å². The molecule has 2 rings (SSSR count). The van der Waals surface area contributed by atoms with E-state index >= 15 is 0 Å². The number of hydrogen-bond donors (Lipinski definition) is 2. The number of hydrogen-bond acceptors (Lipinski definition) is 4. The first-order valence-electron chi connectivity index (χ1n) is 5.66. The Kier molecular flexibility index (Phi) is 3.58. The summed E-state index contributed by atoms with van der Waals surface area (Å²) < 4.78 is 27.0. The van der Waals surface area contributed by atoms with Crippen molar-refractivity contribution in [2.24, 2.45) is 5.92 Å². The van der Waals surface area contributed by atoms with Gasteiger partial charge in [0.25, 0.3) is 0 Å². The van der Waals surface area contributed by atoms with Gasteiger partial charge < -0.3 is 5.11 Å². The summed E-state index contributed by atoms with van der Waals surface area (Å²) in [5, 5.41) is 9.02. The summed E-state index contributed by atoms with van der Waals surface area (Å²) in [7, 11) is -3.44. The van der Waals surface area contributed by atoms with Crippen LogP contribution in [0.15, 0.2) is 11.0 Å². The van der Waals surface area contributed by atoms with Crippen molar-refractivity contribution in [3.8, 4) is 0 Å². The molecule has 0 saturated heterocycles. The molecule has 1 aromatic heterocycles. The Balaban J connectivity index is 2.20. The van der Waals surface area contributed by atoms with E-state index in [2.05, 4.69) is 4.72 Å². The molecule has 2 N–H and O–H groups in total. The zero-order chi connectivity index (χ0) is 12.6. The zero-order valence-corrected chi connectivity index (χ0v) is 11.6. The predicted molar refractivity (Wildman–Crippen MR) is 67.5 cm³/mol. The second-order valence-electron chi connectivity index (χ2n) is 4.54. The molecule has 17 heavy (non-hydrogen) atoms. The minimum Gasteiger partial charge on any atom is -0.391 e. The average Bonchev–Trinajstić information content (AvgIpc) is 3.01. The van der Waals surface area contributed by atoms with E-state index in [1.807, 2.05) is 6.92 Å². The first-order valence-corrected chi connectivity index (χ1v) is 7.96. The molecule has 1 aliphatic rings.